The van der Waals surface area contributed by atoms with Crippen molar-refractivity contribution in [3.8, 4) is 45.8 Å². The van der Waals surface area contributed by atoms with E-state index in [0.717, 1.165) is 6.07 Å². The number of aliphatic hydroxyl groups is 4. The lowest BCUT2D eigenvalue weighted by molar-refractivity contribution is -0.282. The van der Waals surface area contributed by atoms with Gasteiger partial charge in [-0.25, -0.2) is 4.42 Å². The van der Waals surface area contributed by atoms with Gasteiger partial charge in [0.15, 0.2) is 23.9 Å². The first-order valence-corrected chi connectivity index (χ1v) is 10.4. The Labute approximate surface area is 198 Å². The van der Waals surface area contributed by atoms with Gasteiger partial charge in [-0.3, -0.25) is 0 Å². The molecular weight excluding hydrogens is 468 g/mol. The molecule has 5 atom stereocenters. The summed E-state index contributed by atoms with van der Waals surface area (Å²) >= 11 is 0. The lowest BCUT2D eigenvalue weighted by Crippen LogP contribution is -2.60. The van der Waals surface area contributed by atoms with Crippen LogP contribution >= 0.6 is 0 Å². The number of phenols is 3. The van der Waals surface area contributed by atoms with Crippen LogP contribution in [-0.4, -0.2) is 87.3 Å². The van der Waals surface area contributed by atoms with Gasteiger partial charge < -0.3 is 54.7 Å². The van der Waals surface area contributed by atoms with E-state index in [1.807, 2.05) is 0 Å². The first kappa shape index (κ1) is 24.6. The molecular formula is C23H25O12+. The van der Waals surface area contributed by atoms with Gasteiger partial charge in [-0.1, -0.05) is 0 Å². The van der Waals surface area contributed by atoms with Crippen LogP contribution in [0.25, 0.3) is 22.3 Å². The molecule has 1 aromatic heterocycles. The lowest BCUT2D eigenvalue weighted by atomic mass is 9.99. The molecule has 1 unspecified atom stereocenters. The second kappa shape index (κ2) is 9.60. The van der Waals surface area contributed by atoms with Crippen LogP contribution in [0, 0.1) is 0 Å². The zero-order chi connectivity index (χ0) is 25.4. The van der Waals surface area contributed by atoms with E-state index in [0.29, 0.717) is 0 Å². The van der Waals surface area contributed by atoms with Crippen LogP contribution in [0.5, 0.6) is 34.5 Å². The fraction of sp³-hybridized carbons (Fsp3) is 0.348. The third-order valence-corrected chi connectivity index (χ3v) is 5.66. The molecule has 7 N–H and O–H groups in total. The van der Waals surface area contributed by atoms with Crippen molar-refractivity contribution >= 4 is 11.0 Å². The van der Waals surface area contributed by atoms with Crippen molar-refractivity contribution in [1.82, 2.24) is 0 Å². The molecule has 0 saturated carbocycles. The molecule has 188 valence electrons. The zero-order valence-electron chi connectivity index (χ0n) is 18.7. The molecule has 0 spiro atoms. The average Bonchev–Trinajstić information content (AvgIpc) is 2.84. The number of fused-ring (bicyclic) bond motifs is 1. The predicted octanol–water partition coefficient (Wildman–Crippen LogP) is 0.694. The number of benzene rings is 2. The first-order chi connectivity index (χ1) is 16.7. The highest BCUT2D eigenvalue weighted by molar-refractivity contribution is 5.88. The minimum Gasteiger partial charge on any atom is -0.507 e. The van der Waals surface area contributed by atoms with E-state index in [1.165, 1.54) is 38.5 Å². The fourth-order valence-corrected chi connectivity index (χ4v) is 3.86. The molecule has 2 heterocycles. The Morgan fingerprint density at radius 3 is 2.14 bits per heavy atom. The number of aliphatic hydroxyl groups excluding tert-OH is 4. The van der Waals surface area contributed by atoms with Gasteiger partial charge in [0.25, 0.3) is 0 Å². The van der Waals surface area contributed by atoms with Crippen molar-refractivity contribution in [2.75, 3.05) is 20.8 Å². The molecule has 12 nitrogen and oxygen atoms in total. The molecule has 1 aliphatic rings. The molecule has 0 bridgehead atoms. The number of phenolic OH excluding ortho intramolecular Hbond substituents is 3. The third-order valence-electron chi connectivity index (χ3n) is 5.66. The molecule has 1 saturated heterocycles. The average molecular weight is 493 g/mol. The molecule has 1 fully saturated rings. The van der Waals surface area contributed by atoms with E-state index in [9.17, 15) is 35.7 Å². The van der Waals surface area contributed by atoms with Crippen molar-refractivity contribution in [2.45, 2.75) is 30.7 Å². The number of rotatable bonds is 6. The molecule has 4 rings (SSSR count). The maximum atomic E-state index is 10.5. The van der Waals surface area contributed by atoms with E-state index >= 15 is 0 Å². The quantitative estimate of drug-likeness (QED) is 0.238. The lowest BCUT2D eigenvalue weighted by Gasteiger charge is -2.39. The molecule has 12 heteroatoms. The van der Waals surface area contributed by atoms with Crippen LogP contribution in [0.3, 0.4) is 0 Å². The monoisotopic (exact) mass is 493 g/mol. The third kappa shape index (κ3) is 4.45. The van der Waals surface area contributed by atoms with Gasteiger partial charge in [0.05, 0.1) is 32.5 Å². The largest absolute Gasteiger partial charge is 0.507 e. The zero-order valence-corrected chi connectivity index (χ0v) is 18.7. The summed E-state index contributed by atoms with van der Waals surface area (Å²) < 4.78 is 27.4. The van der Waals surface area contributed by atoms with Crippen molar-refractivity contribution in [3.63, 3.8) is 0 Å². The Balaban J connectivity index is 1.92. The van der Waals surface area contributed by atoms with Gasteiger partial charge in [-0.2, -0.15) is 0 Å². The van der Waals surface area contributed by atoms with Gasteiger partial charge in [-0.05, 0) is 0 Å². The normalized spacial score (nSPS) is 24.3. The Hall–Kier alpha value is -3.55. The molecule has 1 aliphatic heterocycles. The van der Waals surface area contributed by atoms with Crippen molar-refractivity contribution in [3.05, 3.63) is 30.3 Å². The Kier molecular flexibility index (Phi) is 6.74. The van der Waals surface area contributed by atoms with Crippen molar-refractivity contribution in [2.24, 2.45) is 0 Å². The van der Waals surface area contributed by atoms with Gasteiger partial charge in [0, 0.05) is 24.3 Å². The summed E-state index contributed by atoms with van der Waals surface area (Å²) in [6.45, 7) is -0.661. The maximum Gasteiger partial charge on any atom is 0.402 e. The highest BCUT2D eigenvalue weighted by Crippen LogP contribution is 2.45. The standard InChI is InChI=1S/C23H24O12/c1-31-14-3-9(4-15(32-2)18(14)27)21-16(7-11-12(26)5-10(25)6-13(11)33-21)34-22-17(8-24)35-23(30)20(29)19(22)28/h3-7,17,19-20,22-24,28-30H,8H2,1-2H3,(H2-,25,26,27)/p+1/t17-,19-,20-,22+,23?/m1/s1. The molecule has 0 amide bonds. The van der Waals surface area contributed by atoms with E-state index in [2.05, 4.69) is 0 Å². The highest BCUT2D eigenvalue weighted by Gasteiger charge is 2.46. The predicted molar refractivity (Wildman–Crippen MR) is 119 cm³/mol. The van der Waals surface area contributed by atoms with Crippen molar-refractivity contribution < 1.29 is 59.1 Å². The minimum atomic E-state index is -1.75. The van der Waals surface area contributed by atoms with Crippen molar-refractivity contribution in [1.29, 1.82) is 0 Å². The molecule has 0 radical (unpaired) electrons. The summed E-state index contributed by atoms with van der Waals surface area (Å²) in [4.78, 5) is 0. The van der Waals surface area contributed by atoms with E-state index in [1.54, 1.807) is 0 Å². The second-order valence-electron chi connectivity index (χ2n) is 7.86. The van der Waals surface area contributed by atoms with E-state index in [4.69, 9.17) is 23.4 Å². The second-order valence-corrected chi connectivity index (χ2v) is 7.86. The summed E-state index contributed by atoms with van der Waals surface area (Å²) in [5, 5.41) is 70.7. The summed E-state index contributed by atoms with van der Waals surface area (Å²) in [6, 6.07) is 6.52. The number of hydrogen-bond acceptors (Lipinski definition) is 11. The highest BCUT2D eigenvalue weighted by atomic mass is 16.7. The molecule has 2 aromatic carbocycles. The minimum absolute atomic E-state index is 0.0106. The van der Waals surface area contributed by atoms with Gasteiger partial charge >= 0.3 is 11.3 Å². The Morgan fingerprint density at radius 1 is 0.886 bits per heavy atom. The van der Waals surface area contributed by atoms with Crippen LogP contribution < -0.4 is 14.2 Å². The van der Waals surface area contributed by atoms with Crippen LogP contribution in [0.1, 0.15) is 0 Å². The SMILES string of the molecule is COc1cc(-c2[o+]c3cc(O)cc(O)c3cc2O[C@@H]2[C@H](O)[C@@H](O)C(O)O[C@@H]2CO)cc(OC)c1O. The molecule has 3 aromatic rings. The fourth-order valence-electron chi connectivity index (χ4n) is 3.86. The van der Waals surface area contributed by atoms with Crippen LogP contribution in [-0.2, 0) is 4.74 Å². The molecule has 35 heavy (non-hydrogen) atoms. The summed E-state index contributed by atoms with van der Waals surface area (Å²) in [5.41, 5.74) is 0.328. The molecule has 0 aliphatic carbocycles. The Bertz CT molecular complexity index is 1200. The van der Waals surface area contributed by atoms with Crippen LogP contribution in [0.2, 0.25) is 0 Å². The van der Waals surface area contributed by atoms with Crippen LogP contribution in [0.15, 0.2) is 34.7 Å². The number of aromatic hydroxyl groups is 3. The smallest absolute Gasteiger partial charge is 0.402 e. The summed E-state index contributed by atoms with van der Waals surface area (Å²) in [7, 11) is 2.66. The number of methoxy groups -OCH3 is 2. The van der Waals surface area contributed by atoms with E-state index < -0.39 is 37.3 Å². The van der Waals surface area contributed by atoms with Gasteiger partial charge in [-0.15, -0.1) is 0 Å². The Morgan fingerprint density at radius 2 is 1.54 bits per heavy atom. The maximum absolute atomic E-state index is 10.5. The number of ether oxygens (including phenoxy) is 4. The van der Waals surface area contributed by atoms with E-state index in [-0.39, 0.29) is 56.8 Å². The topological polar surface area (TPSA) is 190 Å². The first-order valence-electron chi connectivity index (χ1n) is 10.4. The van der Waals surface area contributed by atoms with Gasteiger partial charge in [0.1, 0.15) is 35.2 Å². The summed E-state index contributed by atoms with van der Waals surface area (Å²) in [6.07, 6.45) is -7.76. The van der Waals surface area contributed by atoms with Gasteiger partial charge in [0.2, 0.25) is 11.5 Å². The number of hydrogen-bond donors (Lipinski definition) is 7. The van der Waals surface area contributed by atoms with Crippen LogP contribution in [0.4, 0.5) is 0 Å². The summed E-state index contributed by atoms with van der Waals surface area (Å²) in [5.74, 6) is -0.903.